The Morgan fingerprint density at radius 3 is 2.67 bits per heavy atom. The number of aryl methyl sites for hydroxylation is 1. The smallest absolute Gasteiger partial charge is 0.229 e. The predicted molar refractivity (Wildman–Crippen MR) is 103 cm³/mol. The maximum atomic E-state index is 12.1. The molecule has 1 aliphatic heterocycles. The molecule has 27 heavy (non-hydrogen) atoms. The number of guanidine groups is 1. The van der Waals surface area contributed by atoms with E-state index in [1.807, 2.05) is 61.5 Å². The molecule has 0 spiro atoms. The number of para-hydroxylation sites is 1. The molecule has 2 aromatic carbocycles. The van der Waals surface area contributed by atoms with Crippen LogP contribution in [0.3, 0.4) is 0 Å². The van der Waals surface area contributed by atoms with Crippen molar-refractivity contribution in [3.8, 4) is 5.75 Å². The van der Waals surface area contributed by atoms with Crippen LogP contribution in [0.5, 0.6) is 5.75 Å². The zero-order valence-electron chi connectivity index (χ0n) is 15.3. The second-order valence-corrected chi connectivity index (χ2v) is 6.47. The first-order chi connectivity index (χ1) is 13.1. The Hall–Kier alpha value is -3.15. The largest absolute Gasteiger partial charge is 0.494 e. The molecular weight excluding hydrogens is 342 g/mol. The summed E-state index contributed by atoms with van der Waals surface area (Å²) in [6, 6.07) is 17.1. The summed E-state index contributed by atoms with van der Waals surface area (Å²) in [7, 11) is 0. The molecule has 0 unspecified atom stereocenters. The minimum Gasteiger partial charge on any atom is -0.494 e. The van der Waals surface area contributed by atoms with Crippen LogP contribution in [0.2, 0.25) is 0 Å². The van der Waals surface area contributed by atoms with Crippen molar-refractivity contribution < 1.29 is 14.3 Å². The summed E-state index contributed by atoms with van der Waals surface area (Å²) in [5.74, 6) is 0.641. The van der Waals surface area contributed by atoms with Crippen molar-refractivity contribution in [2.24, 2.45) is 4.99 Å². The van der Waals surface area contributed by atoms with E-state index in [1.54, 1.807) is 0 Å². The van der Waals surface area contributed by atoms with E-state index >= 15 is 0 Å². The first kappa shape index (κ1) is 18.6. The lowest BCUT2D eigenvalue weighted by Gasteiger charge is -2.21. The normalized spacial score (nSPS) is 16.3. The molecule has 0 aliphatic carbocycles. The summed E-state index contributed by atoms with van der Waals surface area (Å²) in [5, 5.41) is 5.31. The number of hydrogen-bond acceptors (Lipinski definition) is 4. The number of amides is 2. The molecule has 1 aliphatic rings. The van der Waals surface area contributed by atoms with Crippen molar-refractivity contribution >= 4 is 17.8 Å². The Balaban J connectivity index is 1.50. The number of hydrogen-bond donors (Lipinski definition) is 2. The molecule has 3 rings (SSSR count). The van der Waals surface area contributed by atoms with Gasteiger partial charge in [-0.2, -0.15) is 0 Å². The number of rotatable bonds is 6. The van der Waals surface area contributed by atoms with Gasteiger partial charge in [0.2, 0.25) is 17.8 Å². The van der Waals surface area contributed by atoms with Gasteiger partial charge in [0, 0.05) is 6.42 Å². The van der Waals surface area contributed by atoms with Gasteiger partial charge < -0.3 is 4.74 Å². The fraction of sp³-hybridized carbons (Fsp3) is 0.286. The lowest BCUT2D eigenvalue weighted by Crippen LogP contribution is -2.47. The van der Waals surface area contributed by atoms with Gasteiger partial charge in [0.15, 0.2) is 0 Å². The average molecular weight is 365 g/mol. The molecule has 0 bridgehead atoms. The Morgan fingerprint density at radius 1 is 1.19 bits per heavy atom. The highest BCUT2D eigenvalue weighted by Crippen LogP contribution is 2.23. The van der Waals surface area contributed by atoms with Gasteiger partial charge in [0.25, 0.3) is 0 Å². The third kappa shape index (κ3) is 5.67. The molecule has 0 saturated carbocycles. The van der Waals surface area contributed by atoms with Gasteiger partial charge in [-0.05, 0) is 31.0 Å². The summed E-state index contributed by atoms with van der Waals surface area (Å²) in [4.78, 5) is 28.5. The van der Waals surface area contributed by atoms with Crippen molar-refractivity contribution in [3.05, 3.63) is 65.7 Å². The van der Waals surface area contributed by atoms with E-state index in [2.05, 4.69) is 15.6 Å². The molecule has 0 aromatic heterocycles. The highest BCUT2D eigenvalue weighted by Gasteiger charge is 2.23. The summed E-state index contributed by atoms with van der Waals surface area (Å²) >= 11 is 0. The maximum Gasteiger partial charge on any atom is 0.229 e. The molecule has 2 aromatic rings. The van der Waals surface area contributed by atoms with E-state index in [4.69, 9.17) is 4.74 Å². The Bertz CT molecular complexity index is 816. The molecule has 2 amide bonds. The minimum atomic E-state index is -0.281. The molecule has 6 heteroatoms. The summed E-state index contributed by atoms with van der Waals surface area (Å²) in [6.45, 7) is 2.45. The van der Waals surface area contributed by atoms with Crippen molar-refractivity contribution in [1.82, 2.24) is 10.6 Å². The third-order valence-corrected chi connectivity index (χ3v) is 4.20. The molecule has 0 radical (unpaired) electrons. The quantitative estimate of drug-likeness (QED) is 0.773. The molecule has 1 heterocycles. The third-order valence-electron chi connectivity index (χ3n) is 4.20. The van der Waals surface area contributed by atoms with Crippen LogP contribution in [0.4, 0.5) is 0 Å². The maximum absolute atomic E-state index is 12.1. The van der Waals surface area contributed by atoms with E-state index < -0.39 is 0 Å². The van der Waals surface area contributed by atoms with Crippen molar-refractivity contribution in [1.29, 1.82) is 0 Å². The number of ether oxygens (including phenoxy) is 1. The minimum absolute atomic E-state index is 0.154. The van der Waals surface area contributed by atoms with Gasteiger partial charge in [-0.25, -0.2) is 4.99 Å². The zero-order valence-corrected chi connectivity index (χ0v) is 15.3. The fourth-order valence-electron chi connectivity index (χ4n) is 2.77. The van der Waals surface area contributed by atoms with Gasteiger partial charge in [0.05, 0.1) is 19.1 Å². The van der Waals surface area contributed by atoms with Crippen LogP contribution < -0.4 is 15.4 Å². The van der Waals surface area contributed by atoms with Gasteiger partial charge in [-0.15, -0.1) is 0 Å². The number of nitrogens with zero attached hydrogens (tertiary/aromatic N) is 1. The Labute approximate surface area is 158 Å². The summed E-state index contributed by atoms with van der Waals surface area (Å²) in [5.41, 5.74) is 2.10. The zero-order chi connectivity index (χ0) is 19.1. The lowest BCUT2D eigenvalue weighted by atomic mass is 10.0. The molecule has 0 fully saturated rings. The first-order valence-corrected chi connectivity index (χ1v) is 9.02. The van der Waals surface area contributed by atoms with Gasteiger partial charge in [-0.1, -0.05) is 48.0 Å². The highest BCUT2D eigenvalue weighted by molar-refractivity contribution is 6.06. The van der Waals surface area contributed by atoms with E-state index in [9.17, 15) is 9.59 Å². The first-order valence-electron chi connectivity index (χ1n) is 9.02. The molecule has 0 saturated heterocycles. The second-order valence-electron chi connectivity index (χ2n) is 6.47. The van der Waals surface area contributed by atoms with E-state index in [0.29, 0.717) is 13.0 Å². The summed E-state index contributed by atoms with van der Waals surface area (Å²) in [6.07, 6.45) is 1.13. The van der Waals surface area contributed by atoms with Crippen molar-refractivity contribution in [2.45, 2.75) is 32.2 Å². The van der Waals surface area contributed by atoms with Crippen molar-refractivity contribution in [3.63, 3.8) is 0 Å². The number of carbonyl (C=O) groups excluding carboxylic acids is 2. The lowest BCUT2D eigenvalue weighted by molar-refractivity contribution is -0.120. The standard InChI is InChI=1S/C21H23N3O3/c1-15-9-11-16(12-10-15)18-14-20(26)24-21(22-18)23-19(25)8-5-13-27-17-6-3-2-4-7-17/h2-4,6-7,9-12,18H,5,8,13-14H2,1H3,(H2,22,23,24,25,26)/t18-/m1/s1. The predicted octanol–water partition coefficient (Wildman–Crippen LogP) is 2.89. The number of nitrogens with one attached hydrogen (secondary N) is 2. The van der Waals surface area contributed by atoms with E-state index in [-0.39, 0.29) is 36.7 Å². The number of benzene rings is 2. The monoisotopic (exact) mass is 365 g/mol. The fourth-order valence-corrected chi connectivity index (χ4v) is 2.77. The van der Waals surface area contributed by atoms with Gasteiger partial charge in [0.1, 0.15) is 5.75 Å². The topological polar surface area (TPSA) is 79.8 Å². The van der Waals surface area contributed by atoms with Crippen LogP contribution in [-0.2, 0) is 9.59 Å². The average Bonchev–Trinajstić information content (AvgIpc) is 2.66. The van der Waals surface area contributed by atoms with Gasteiger partial charge >= 0.3 is 0 Å². The SMILES string of the molecule is Cc1ccc([C@H]2CC(=O)NC(NC(=O)CCCOc3ccccc3)=N2)cc1. The van der Waals surface area contributed by atoms with Crippen LogP contribution in [-0.4, -0.2) is 24.4 Å². The van der Waals surface area contributed by atoms with Crippen LogP contribution in [0.25, 0.3) is 0 Å². The molecule has 1 atom stereocenters. The van der Waals surface area contributed by atoms with Crippen LogP contribution in [0.15, 0.2) is 59.6 Å². The van der Waals surface area contributed by atoms with E-state index in [0.717, 1.165) is 16.9 Å². The highest BCUT2D eigenvalue weighted by atomic mass is 16.5. The number of carbonyl (C=O) groups is 2. The summed E-state index contributed by atoms with van der Waals surface area (Å²) < 4.78 is 5.57. The number of aliphatic imine (C=N–C) groups is 1. The molecule has 140 valence electrons. The Morgan fingerprint density at radius 2 is 1.93 bits per heavy atom. The molecule has 6 nitrogen and oxygen atoms in total. The van der Waals surface area contributed by atoms with Crippen LogP contribution >= 0.6 is 0 Å². The van der Waals surface area contributed by atoms with Crippen LogP contribution in [0.1, 0.15) is 36.4 Å². The van der Waals surface area contributed by atoms with E-state index in [1.165, 1.54) is 0 Å². The van der Waals surface area contributed by atoms with Crippen LogP contribution in [0, 0.1) is 6.92 Å². The molecular formula is C21H23N3O3. The Kier molecular flexibility index (Phi) is 6.20. The van der Waals surface area contributed by atoms with Crippen molar-refractivity contribution in [2.75, 3.05) is 6.61 Å². The molecule has 2 N–H and O–H groups in total. The second kappa shape index (κ2) is 8.98. The van der Waals surface area contributed by atoms with Gasteiger partial charge in [-0.3, -0.25) is 20.2 Å².